The maximum atomic E-state index is 12.1. The van der Waals surface area contributed by atoms with E-state index >= 15 is 0 Å². The first kappa shape index (κ1) is 18.4. The number of unbranched alkanes of at least 4 members (excludes halogenated alkanes) is 1. The molecule has 22 heavy (non-hydrogen) atoms. The van der Waals surface area contributed by atoms with Gasteiger partial charge < -0.3 is 10.1 Å². The number of hydrogen-bond acceptors (Lipinski definition) is 4. The molecule has 0 spiro atoms. The monoisotopic (exact) mass is 326 g/mol. The third-order valence-electron chi connectivity index (χ3n) is 2.85. The van der Waals surface area contributed by atoms with E-state index in [0.29, 0.717) is 42.2 Å². The van der Waals surface area contributed by atoms with E-state index in [1.807, 2.05) is 20.8 Å². The number of aromatic nitrogens is 1. The number of ether oxygens (including phenoxy) is 1. The number of nitrogens with zero attached hydrogens (tertiary/aromatic N) is 1. The van der Waals surface area contributed by atoms with Gasteiger partial charge in [-0.3, -0.25) is 4.79 Å². The number of halogens is 1. The predicted molar refractivity (Wildman–Crippen MR) is 86.4 cm³/mol. The van der Waals surface area contributed by atoms with Crippen LogP contribution in [0.1, 0.15) is 56.1 Å². The fourth-order valence-electron chi connectivity index (χ4n) is 1.87. The van der Waals surface area contributed by atoms with Crippen LogP contribution < -0.4 is 5.32 Å². The molecule has 0 bridgehead atoms. The molecule has 0 aliphatic carbocycles. The molecule has 0 aromatic carbocycles. The quantitative estimate of drug-likeness (QED) is 0.488. The lowest BCUT2D eigenvalue weighted by atomic mass is 10.0. The fourth-order valence-corrected chi connectivity index (χ4v) is 2.06. The summed E-state index contributed by atoms with van der Waals surface area (Å²) in [7, 11) is 0. The van der Waals surface area contributed by atoms with E-state index in [9.17, 15) is 9.59 Å². The minimum absolute atomic E-state index is 0.0407. The molecule has 0 saturated carbocycles. The second kappa shape index (κ2) is 8.13. The molecule has 0 atom stereocenters. The zero-order chi connectivity index (χ0) is 16.8. The maximum Gasteiger partial charge on any atom is 0.407 e. The molecule has 1 aromatic rings. The highest BCUT2D eigenvalue weighted by Gasteiger charge is 2.15. The average molecular weight is 327 g/mol. The van der Waals surface area contributed by atoms with E-state index in [1.54, 1.807) is 19.1 Å². The standard InChI is InChI=1S/C16H23ClN2O3/c1-11-12(8-9-14(17)19-11)13(20)7-5-6-10-18-15(21)22-16(2,3)4/h8-9H,5-7,10H2,1-4H3,(H,18,21). The summed E-state index contributed by atoms with van der Waals surface area (Å²) in [6.07, 6.45) is 1.39. The van der Waals surface area contributed by atoms with Gasteiger partial charge in [-0.05, 0) is 52.7 Å². The number of hydrogen-bond donors (Lipinski definition) is 1. The summed E-state index contributed by atoms with van der Waals surface area (Å²) in [5.74, 6) is 0.0407. The van der Waals surface area contributed by atoms with Crippen LogP contribution in [0.15, 0.2) is 12.1 Å². The van der Waals surface area contributed by atoms with Gasteiger partial charge in [0.2, 0.25) is 0 Å². The molecule has 1 rings (SSSR count). The van der Waals surface area contributed by atoms with Gasteiger partial charge in [0, 0.05) is 24.2 Å². The van der Waals surface area contributed by atoms with E-state index in [4.69, 9.17) is 16.3 Å². The highest BCUT2D eigenvalue weighted by atomic mass is 35.5. The number of nitrogens with one attached hydrogen (secondary N) is 1. The second-order valence-corrected chi connectivity index (χ2v) is 6.46. The fraction of sp³-hybridized carbons (Fsp3) is 0.562. The van der Waals surface area contributed by atoms with Crippen molar-refractivity contribution in [1.29, 1.82) is 0 Å². The van der Waals surface area contributed by atoms with Crippen LogP contribution in [0.4, 0.5) is 4.79 Å². The number of rotatable bonds is 6. The van der Waals surface area contributed by atoms with Crippen LogP contribution in [0.25, 0.3) is 0 Å². The highest BCUT2D eigenvalue weighted by molar-refractivity contribution is 6.29. The van der Waals surface area contributed by atoms with Gasteiger partial charge in [-0.25, -0.2) is 9.78 Å². The second-order valence-electron chi connectivity index (χ2n) is 6.08. The molecule has 0 aliphatic rings. The molecule has 1 amide bonds. The van der Waals surface area contributed by atoms with Gasteiger partial charge in [-0.2, -0.15) is 0 Å². The third kappa shape index (κ3) is 6.89. The Morgan fingerprint density at radius 2 is 1.95 bits per heavy atom. The molecule has 0 fully saturated rings. The smallest absolute Gasteiger partial charge is 0.407 e. The van der Waals surface area contributed by atoms with Crippen molar-refractivity contribution >= 4 is 23.5 Å². The summed E-state index contributed by atoms with van der Waals surface area (Å²) in [5.41, 5.74) is 0.744. The van der Waals surface area contributed by atoms with Gasteiger partial charge in [0.1, 0.15) is 10.8 Å². The first-order valence-corrected chi connectivity index (χ1v) is 7.70. The van der Waals surface area contributed by atoms with Gasteiger partial charge in [0.25, 0.3) is 0 Å². The molecule has 6 heteroatoms. The zero-order valence-electron chi connectivity index (χ0n) is 13.5. The molecule has 0 aliphatic heterocycles. The van der Waals surface area contributed by atoms with E-state index < -0.39 is 11.7 Å². The maximum absolute atomic E-state index is 12.1. The normalized spacial score (nSPS) is 11.1. The lowest BCUT2D eigenvalue weighted by Crippen LogP contribution is -2.33. The topological polar surface area (TPSA) is 68.3 Å². The first-order chi connectivity index (χ1) is 10.2. The van der Waals surface area contributed by atoms with Gasteiger partial charge >= 0.3 is 6.09 Å². The lowest BCUT2D eigenvalue weighted by molar-refractivity contribution is 0.0527. The van der Waals surface area contributed by atoms with E-state index in [0.717, 1.165) is 0 Å². The van der Waals surface area contributed by atoms with Crippen molar-refractivity contribution < 1.29 is 14.3 Å². The Hall–Kier alpha value is -1.62. The molecular formula is C16H23ClN2O3. The molecule has 0 radical (unpaired) electrons. The lowest BCUT2D eigenvalue weighted by Gasteiger charge is -2.19. The Labute approximate surface area is 136 Å². The van der Waals surface area contributed by atoms with Crippen LogP contribution in [-0.2, 0) is 4.74 Å². The molecule has 1 heterocycles. The number of amides is 1. The van der Waals surface area contributed by atoms with Crippen molar-refractivity contribution in [2.24, 2.45) is 0 Å². The van der Waals surface area contributed by atoms with Crippen molar-refractivity contribution in [3.05, 3.63) is 28.5 Å². The largest absolute Gasteiger partial charge is 0.444 e. The summed E-state index contributed by atoms with van der Waals surface area (Å²) in [5, 5.41) is 3.05. The predicted octanol–water partition coefficient (Wildman–Crippen LogP) is 3.92. The third-order valence-corrected chi connectivity index (χ3v) is 3.06. The number of pyridine rings is 1. The van der Waals surface area contributed by atoms with Crippen LogP contribution in [0.2, 0.25) is 5.15 Å². The molecule has 5 nitrogen and oxygen atoms in total. The minimum atomic E-state index is -0.501. The minimum Gasteiger partial charge on any atom is -0.444 e. The van der Waals surface area contributed by atoms with Crippen molar-refractivity contribution in [2.45, 2.75) is 52.6 Å². The Kier molecular flexibility index (Phi) is 6.81. The van der Waals surface area contributed by atoms with E-state index in [2.05, 4.69) is 10.3 Å². The molecular weight excluding hydrogens is 304 g/mol. The molecule has 1 aromatic heterocycles. The van der Waals surface area contributed by atoms with Gasteiger partial charge in [-0.1, -0.05) is 11.6 Å². The summed E-state index contributed by atoms with van der Waals surface area (Å²) in [6.45, 7) is 7.69. The van der Waals surface area contributed by atoms with Gasteiger partial charge in [-0.15, -0.1) is 0 Å². The van der Waals surface area contributed by atoms with Crippen molar-refractivity contribution in [2.75, 3.05) is 6.54 Å². The van der Waals surface area contributed by atoms with Gasteiger partial charge in [0.05, 0.1) is 0 Å². The number of Topliss-reactive ketones (excluding diaryl/α,β-unsaturated/α-hetero) is 1. The highest BCUT2D eigenvalue weighted by Crippen LogP contribution is 2.14. The van der Waals surface area contributed by atoms with E-state index in [1.165, 1.54) is 0 Å². The Morgan fingerprint density at radius 3 is 2.55 bits per heavy atom. The number of carbonyl (C=O) groups excluding carboxylic acids is 2. The Morgan fingerprint density at radius 1 is 1.27 bits per heavy atom. The Balaban J connectivity index is 2.27. The van der Waals surface area contributed by atoms with Crippen LogP contribution in [-0.4, -0.2) is 29.0 Å². The van der Waals surface area contributed by atoms with Crippen LogP contribution in [0, 0.1) is 6.92 Å². The van der Waals surface area contributed by atoms with Crippen LogP contribution in [0.3, 0.4) is 0 Å². The summed E-state index contributed by atoms with van der Waals surface area (Å²) < 4.78 is 5.12. The Bertz CT molecular complexity index is 539. The van der Waals surface area contributed by atoms with Crippen molar-refractivity contribution in [3.63, 3.8) is 0 Å². The van der Waals surface area contributed by atoms with Crippen LogP contribution >= 0.6 is 11.6 Å². The zero-order valence-corrected chi connectivity index (χ0v) is 14.3. The van der Waals surface area contributed by atoms with Crippen LogP contribution in [0.5, 0.6) is 0 Å². The molecule has 0 saturated heterocycles. The molecule has 122 valence electrons. The molecule has 0 unspecified atom stereocenters. The SMILES string of the molecule is Cc1nc(Cl)ccc1C(=O)CCCCNC(=O)OC(C)(C)C. The number of aryl methyl sites for hydroxylation is 1. The van der Waals surface area contributed by atoms with Crippen molar-refractivity contribution in [3.8, 4) is 0 Å². The number of ketones is 1. The average Bonchev–Trinajstić information content (AvgIpc) is 2.35. The van der Waals surface area contributed by atoms with E-state index in [-0.39, 0.29) is 5.78 Å². The summed E-state index contributed by atoms with van der Waals surface area (Å²) in [4.78, 5) is 27.6. The summed E-state index contributed by atoms with van der Waals surface area (Å²) in [6, 6.07) is 3.32. The summed E-state index contributed by atoms with van der Waals surface area (Å²) >= 11 is 5.77. The first-order valence-electron chi connectivity index (χ1n) is 7.32. The van der Waals surface area contributed by atoms with Gasteiger partial charge in [0.15, 0.2) is 5.78 Å². The molecule has 1 N–H and O–H groups in total. The van der Waals surface area contributed by atoms with Crippen molar-refractivity contribution in [1.82, 2.24) is 10.3 Å². The number of carbonyl (C=O) groups is 2. The number of alkyl carbamates (subject to hydrolysis) is 1.